The average molecular weight is 256 g/mol. The maximum absolute atomic E-state index is 13.1. The van der Waals surface area contributed by atoms with Crippen molar-refractivity contribution < 1.29 is 13.2 Å². The molecule has 18 heavy (non-hydrogen) atoms. The quantitative estimate of drug-likeness (QED) is 0.861. The van der Waals surface area contributed by atoms with Crippen molar-refractivity contribution in [3.63, 3.8) is 0 Å². The molecular formula is C13H15F3N2. The molecule has 1 heterocycles. The van der Waals surface area contributed by atoms with E-state index in [0.29, 0.717) is 17.5 Å². The minimum Gasteiger partial charge on any atom is -0.361 e. The zero-order valence-corrected chi connectivity index (χ0v) is 10.0. The van der Waals surface area contributed by atoms with Crippen molar-refractivity contribution in [1.82, 2.24) is 10.3 Å². The van der Waals surface area contributed by atoms with E-state index in [1.54, 1.807) is 31.3 Å². The van der Waals surface area contributed by atoms with E-state index in [2.05, 4.69) is 10.3 Å². The number of hydrogen-bond donors (Lipinski definition) is 2. The molecule has 0 aliphatic rings. The predicted molar refractivity (Wildman–Crippen MR) is 65.6 cm³/mol. The Balaban J connectivity index is 2.41. The van der Waals surface area contributed by atoms with Crippen LogP contribution in [0.2, 0.25) is 0 Å². The molecule has 0 spiro atoms. The van der Waals surface area contributed by atoms with Crippen LogP contribution >= 0.6 is 0 Å². The van der Waals surface area contributed by atoms with Crippen LogP contribution in [0.3, 0.4) is 0 Å². The highest BCUT2D eigenvalue weighted by Crippen LogP contribution is 2.40. The number of nitrogens with one attached hydrogen (secondary N) is 2. The number of aromatic amines is 1. The van der Waals surface area contributed by atoms with Gasteiger partial charge in [0.1, 0.15) is 0 Å². The standard InChI is InChI=1S/C13H15F3N2/c1-17-7-6-11(13(14,15)16)10-8-18-12-5-3-2-4-9(10)12/h2-5,8,11,17-18H,6-7H2,1H3. The number of aromatic nitrogens is 1. The second-order valence-corrected chi connectivity index (χ2v) is 4.28. The van der Waals surface area contributed by atoms with Crippen molar-refractivity contribution in [2.24, 2.45) is 0 Å². The van der Waals surface area contributed by atoms with Crippen LogP contribution in [0, 0.1) is 0 Å². The summed E-state index contributed by atoms with van der Waals surface area (Å²) >= 11 is 0. The zero-order chi connectivity index (χ0) is 13.2. The lowest BCUT2D eigenvalue weighted by Gasteiger charge is -2.19. The molecule has 0 bridgehead atoms. The molecule has 98 valence electrons. The van der Waals surface area contributed by atoms with Crippen LogP contribution in [0.5, 0.6) is 0 Å². The van der Waals surface area contributed by atoms with Gasteiger partial charge in [0.15, 0.2) is 0 Å². The number of halogens is 3. The monoisotopic (exact) mass is 256 g/mol. The van der Waals surface area contributed by atoms with Crippen LogP contribution in [0.4, 0.5) is 13.2 Å². The molecule has 1 unspecified atom stereocenters. The highest BCUT2D eigenvalue weighted by atomic mass is 19.4. The molecule has 0 aliphatic heterocycles. The van der Waals surface area contributed by atoms with Crippen molar-refractivity contribution >= 4 is 10.9 Å². The Morgan fingerprint density at radius 1 is 1.28 bits per heavy atom. The first-order valence-electron chi connectivity index (χ1n) is 5.81. The maximum atomic E-state index is 13.1. The zero-order valence-electron chi connectivity index (χ0n) is 10.0. The lowest BCUT2D eigenvalue weighted by molar-refractivity contribution is -0.151. The van der Waals surface area contributed by atoms with E-state index in [0.717, 1.165) is 5.52 Å². The summed E-state index contributed by atoms with van der Waals surface area (Å²) in [6.45, 7) is 0.337. The molecule has 0 radical (unpaired) electrons. The van der Waals surface area contributed by atoms with Crippen molar-refractivity contribution in [2.75, 3.05) is 13.6 Å². The minimum atomic E-state index is -4.22. The van der Waals surface area contributed by atoms with Crippen molar-refractivity contribution in [3.8, 4) is 0 Å². The van der Waals surface area contributed by atoms with Gasteiger partial charge < -0.3 is 10.3 Å². The molecule has 0 saturated heterocycles. The first-order chi connectivity index (χ1) is 8.54. The Bertz CT molecular complexity index is 516. The fourth-order valence-electron chi connectivity index (χ4n) is 2.17. The number of hydrogen-bond acceptors (Lipinski definition) is 1. The van der Waals surface area contributed by atoms with E-state index in [1.165, 1.54) is 6.20 Å². The summed E-state index contributed by atoms with van der Waals surface area (Å²) in [5.74, 6) is -1.43. The van der Waals surface area contributed by atoms with Crippen LogP contribution in [0.15, 0.2) is 30.5 Å². The summed E-state index contributed by atoms with van der Waals surface area (Å²) in [7, 11) is 1.66. The fourth-order valence-corrected chi connectivity index (χ4v) is 2.17. The number of rotatable bonds is 4. The van der Waals surface area contributed by atoms with Crippen LogP contribution in [-0.4, -0.2) is 24.8 Å². The summed E-state index contributed by atoms with van der Waals surface area (Å²) < 4.78 is 39.3. The van der Waals surface area contributed by atoms with E-state index < -0.39 is 12.1 Å². The van der Waals surface area contributed by atoms with E-state index >= 15 is 0 Å². The Kier molecular flexibility index (Phi) is 3.61. The molecule has 1 aromatic carbocycles. The fraction of sp³-hybridized carbons (Fsp3) is 0.385. The van der Waals surface area contributed by atoms with Gasteiger partial charge in [0, 0.05) is 17.1 Å². The summed E-state index contributed by atoms with van der Waals surface area (Å²) in [4.78, 5) is 2.90. The van der Waals surface area contributed by atoms with Crippen LogP contribution in [0.1, 0.15) is 17.9 Å². The number of fused-ring (bicyclic) bond motifs is 1. The third kappa shape index (κ3) is 2.51. The molecule has 5 heteroatoms. The van der Waals surface area contributed by atoms with E-state index in [1.807, 2.05) is 0 Å². The van der Waals surface area contributed by atoms with Crippen molar-refractivity contribution in [3.05, 3.63) is 36.0 Å². The average Bonchev–Trinajstić information content (AvgIpc) is 2.72. The maximum Gasteiger partial charge on any atom is 0.395 e. The van der Waals surface area contributed by atoms with Gasteiger partial charge in [-0.2, -0.15) is 13.2 Å². The summed E-state index contributed by atoms with van der Waals surface area (Å²) in [5.41, 5.74) is 1.07. The SMILES string of the molecule is CNCCC(c1c[nH]c2ccccc12)C(F)(F)F. The molecule has 2 N–H and O–H groups in total. The summed E-state index contributed by atoms with van der Waals surface area (Å²) in [6, 6.07) is 7.06. The molecule has 0 fully saturated rings. The molecule has 2 aromatic rings. The molecule has 0 saturated carbocycles. The number of H-pyrrole nitrogens is 1. The number of alkyl halides is 3. The van der Waals surface area contributed by atoms with Crippen molar-refractivity contribution in [1.29, 1.82) is 0 Å². The van der Waals surface area contributed by atoms with Gasteiger partial charge in [-0.3, -0.25) is 0 Å². The van der Waals surface area contributed by atoms with Gasteiger partial charge in [-0.15, -0.1) is 0 Å². The Morgan fingerprint density at radius 2 is 2.00 bits per heavy atom. The molecule has 2 rings (SSSR count). The minimum absolute atomic E-state index is 0.0435. The van der Waals surface area contributed by atoms with Crippen LogP contribution in [0.25, 0.3) is 10.9 Å². The second-order valence-electron chi connectivity index (χ2n) is 4.28. The highest BCUT2D eigenvalue weighted by Gasteiger charge is 2.41. The van der Waals surface area contributed by atoms with Gasteiger partial charge in [0.05, 0.1) is 5.92 Å². The summed E-state index contributed by atoms with van der Waals surface area (Å²) in [5, 5.41) is 3.42. The van der Waals surface area contributed by atoms with Gasteiger partial charge in [-0.1, -0.05) is 18.2 Å². The smallest absolute Gasteiger partial charge is 0.361 e. The topological polar surface area (TPSA) is 27.8 Å². The van der Waals surface area contributed by atoms with Gasteiger partial charge in [-0.05, 0) is 31.6 Å². The van der Waals surface area contributed by atoms with Crippen LogP contribution < -0.4 is 5.32 Å². The van der Waals surface area contributed by atoms with Gasteiger partial charge in [-0.25, -0.2) is 0 Å². The van der Waals surface area contributed by atoms with Gasteiger partial charge >= 0.3 is 6.18 Å². The molecule has 1 aromatic heterocycles. The molecule has 1 atom stereocenters. The molecule has 0 amide bonds. The summed E-state index contributed by atoms with van der Waals surface area (Å²) in [6.07, 6.45) is -2.71. The largest absolute Gasteiger partial charge is 0.395 e. The Hall–Kier alpha value is -1.49. The lowest BCUT2D eigenvalue weighted by Crippen LogP contribution is -2.24. The molecule has 2 nitrogen and oxygen atoms in total. The Labute approximate surface area is 103 Å². The molecular weight excluding hydrogens is 241 g/mol. The number of para-hydroxylation sites is 1. The first kappa shape index (κ1) is 13.0. The molecule has 0 aliphatic carbocycles. The van der Waals surface area contributed by atoms with Crippen molar-refractivity contribution in [2.45, 2.75) is 18.5 Å². The predicted octanol–water partition coefficient (Wildman–Crippen LogP) is 3.42. The number of benzene rings is 1. The van der Waals surface area contributed by atoms with E-state index in [9.17, 15) is 13.2 Å². The highest BCUT2D eigenvalue weighted by molar-refractivity contribution is 5.83. The second kappa shape index (κ2) is 5.02. The third-order valence-corrected chi connectivity index (χ3v) is 3.07. The van der Waals surface area contributed by atoms with E-state index in [4.69, 9.17) is 0 Å². The van der Waals surface area contributed by atoms with Gasteiger partial charge in [0.25, 0.3) is 0 Å². The Morgan fingerprint density at radius 3 is 2.67 bits per heavy atom. The lowest BCUT2D eigenvalue weighted by atomic mass is 9.94. The van der Waals surface area contributed by atoms with E-state index in [-0.39, 0.29) is 6.42 Å². The van der Waals surface area contributed by atoms with Crippen LogP contribution in [-0.2, 0) is 0 Å². The normalized spacial score (nSPS) is 14.0. The first-order valence-corrected chi connectivity index (χ1v) is 5.81. The third-order valence-electron chi connectivity index (χ3n) is 3.07. The van der Waals surface area contributed by atoms with Gasteiger partial charge in [0.2, 0.25) is 0 Å².